The zero-order chi connectivity index (χ0) is 34.2. The number of halogens is 1. The van der Waals surface area contributed by atoms with E-state index in [1.54, 1.807) is 7.11 Å². The van der Waals surface area contributed by atoms with Gasteiger partial charge in [-0.1, -0.05) is 79.6 Å². The molecule has 1 N–H and O–H groups in total. The maximum Gasteiger partial charge on any atom is 0.253 e. The number of carbonyl (C=O) groups is 1. The van der Waals surface area contributed by atoms with Crippen LogP contribution in [0.5, 0.6) is 5.75 Å². The molecule has 0 aliphatic carbocycles. The summed E-state index contributed by atoms with van der Waals surface area (Å²) in [4.78, 5) is 20.2. The second-order valence-electron chi connectivity index (χ2n) is 12.0. The van der Waals surface area contributed by atoms with Gasteiger partial charge in [0, 0.05) is 61.8 Å². The number of ether oxygens (including phenoxy) is 1. The Morgan fingerprint density at radius 2 is 1.45 bits per heavy atom. The number of hydrogen-bond acceptors (Lipinski definition) is 5. The third-order valence-electron chi connectivity index (χ3n) is 9.12. The average Bonchev–Trinajstić information content (AvgIpc) is 3.13. The Labute approximate surface area is 288 Å². The number of benzene rings is 3. The van der Waals surface area contributed by atoms with Crippen LogP contribution in [0.15, 0.2) is 97.1 Å². The van der Waals surface area contributed by atoms with Gasteiger partial charge in [0.05, 0.1) is 13.7 Å². The molecule has 47 heavy (non-hydrogen) atoms. The van der Waals surface area contributed by atoms with Crippen LogP contribution in [0.2, 0.25) is 5.02 Å². The fourth-order valence-corrected chi connectivity index (χ4v) is 6.53. The van der Waals surface area contributed by atoms with Crippen molar-refractivity contribution in [3.05, 3.63) is 124 Å². The number of aliphatic hydroxyl groups excluding tert-OH is 1. The molecule has 2 aliphatic rings. The average molecular weight is 660 g/mol. The molecule has 1 unspecified atom stereocenters. The predicted octanol–water partition coefficient (Wildman–Crippen LogP) is 8.00. The molecule has 0 bridgehead atoms. The molecule has 0 spiro atoms. The van der Waals surface area contributed by atoms with E-state index in [0.717, 1.165) is 81.5 Å². The summed E-state index contributed by atoms with van der Waals surface area (Å²) in [6, 6.07) is 24.9. The minimum absolute atomic E-state index is 0.00484. The van der Waals surface area contributed by atoms with Gasteiger partial charge in [-0.3, -0.25) is 14.6 Å². The van der Waals surface area contributed by atoms with E-state index in [2.05, 4.69) is 84.8 Å². The Morgan fingerprint density at radius 3 is 1.98 bits per heavy atom. The number of nitrogens with zero attached hydrogens (tertiary/aromatic N) is 3. The highest BCUT2D eigenvalue weighted by Gasteiger charge is 2.38. The first-order valence-corrected chi connectivity index (χ1v) is 17.3. The highest BCUT2D eigenvalue weighted by molar-refractivity contribution is 6.30. The molecule has 254 valence electrons. The Balaban J connectivity index is 0.000000930. The fraction of sp³-hybridized carbons (Fsp3) is 0.425. The zero-order valence-electron chi connectivity index (χ0n) is 29.1. The number of amides is 1. The maximum absolute atomic E-state index is 13.3. The van der Waals surface area contributed by atoms with Crippen molar-refractivity contribution in [3.8, 4) is 5.75 Å². The molecule has 7 heteroatoms. The van der Waals surface area contributed by atoms with Gasteiger partial charge in [0.2, 0.25) is 0 Å². The van der Waals surface area contributed by atoms with E-state index in [1.165, 1.54) is 28.3 Å². The summed E-state index contributed by atoms with van der Waals surface area (Å²) in [5, 5.41) is 8.52. The molecule has 0 saturated carbocycles. The van der Waals surface area contributed by atoms with Crippen LogP contribution in [0.25, 0.3) is 0 Å². The van der Waals surface area contributed by atoms with E-state index in [0.29, 0.717) is 0 Å². The van der Waals surface area contributed by atoms with Crippen LogP contribution in [0.1, 0.15) is 67.6 Å². The molecule has 1 amide bonds. The first-order chi connectivity index (χ1) is 22.8. The van der Waals surface area contributed by atoms with Crippen LogP contribution in [0.3, 0.4) is 0 Å². The lowest BCUT2D eigenvalue weighted by molar-refractivity contribution is 0.0628. The van der Waals surface area contributed by atoms with Crippen molar-refractivity contribution in [3.63, 3.8) is 0 Å². The number of allylic oxidation sites excluding steroid dienone is 1. The number of aliphatic hydroxyl groups is 1. The number of piperidine rings is 1. The Hall–Kier alpha value is -3.42. The van der Waals surface area contributed by atoms with Gasteiger partial charge in [0.1, 0.15) is 5.75 Å². The van der Waals surface area contributed by atoms with E-state index in [-0.39, 0.29) is 17.9 Å². The molecule has 2 aliphatic heterocycles. The molecule has 1 atom stereocenters. The van der Waals surface area contributed by atoms with Crippen molar-refractivity contribution in [1.29, 1.82) is 0 Å². The molecule has 2 saturated heterocycles. The van der Waals surface area contributed by atoms with E-state index in [9.17, 15) is 4.79 Å². The molecule has 5 rings (SSSR count). The topological polar surface area (TPSA) is 56.2 Å². The van der Waals surface area contributed by atoms with E-state index < -0.39 is 0 Å². The standard InChI is InChI=1S/C35H42ClN3O2.C3H6O.C2H6/c1-4-27(2)35(31-12-16-33(41-3)17-13-31)18-5-19-38(26-35)25-28-6-10-30(11-7-28)34(40)39-22-20-37(21-23-39)24-29-8-14-32(36)15-9-29;1-2-3-4;1-2/h4,6-17H,5,18-26H2,1-3H3;2,4H,1,3H2;1-2H3/b27-4+;;. The van der Waals surface area contributed by atoms with Crippen LogP contribution >= 0.6 is 11.6 Å². The summed E-state index contributed by atoms with van der Waals surface area (Å²) in [7, 11) is 1.72. The summed E-state index contributed by atoms with van der Waals surface area (Å²) in [5.41, 5.74) is 6.05. The van der Waals surface area contributed by atoms with Gasteiger partial charge in [0.15, 0.2) is 0 Å². The summed E-state index contributed by atoms with van der Waals surface area (Å²) in [6.07, 6.45) is 6.00. The zero-order valence-corrected chi connectivity index (χ0v) is 29.8. The predicted molar refractivity (Wildman–Crippen MR) is 196 cm³/mol. The number of likely N-dealkylation sites (tertiary alicyclic amines) is 1. The molecular weight excluding hydrogens is 606 g/mol. The Morgan fingerprint density at radius 1 is 0.894 bits per heavy atom. The van der Waals surface area contributed by atoms with Crippen molar-refractivity contribution in [1.82, 2.24) is 14.7 Å². The van der Waals surface area contributed by atoms with Crippen LogP contribution in [-0.2, 0) is 18.5 Å². The van der Waals surface area contributed by atoms with Gasteiger partial charge >= 0.3 is 0 Å². The first-order valence-electron chi connectivity index (χ1n) is 16.9. The molecule has 3 aromatic carbocycles. The van der Waals surface area contributed by atoms with E-state index in [4.69, 9.17) is 21.4 Å². The van der Waals surface area contributed by atoms with Crippen molar-refractivity contribution >= 4 is 17.5 Å². The number of carbonyl (C=O) groups excluding carboxylic acids is 1. The van der Waals surface area contributed by atoms with Crippen LogP contribution in [0, 0.1) is 0 Å². The van der Waals surface area contributed by atoms with E-state index in [1.807, 2.05) is 43.0 Å². The van der Waals surface area contributed by atoms with Crippen molar-refractivity contribution < 1.29 is 14.6 Å². The molecule has 6 nitrogen and oxygen atoms in total. The van der Waals surface area contributed by atoms with Gasteiger partial charge in [0.25, 0.3) is 5.91 Å². The highest BCUT2D eigenvalue weighted by atomic mass is 35.5. The normalized spacial score (nSPS) is 18.7. The summed E-state index contributed by atoms with van der Waals surface area (Å²) < 4.78 is 5.41. The largest absolute Gasteiger partial charge is 0.497 e. The number of rotatable bonds is 9. The van der Waals surface area contributed by atoms with Gasteiger partial charge in [-0.05, 0) is 86.3 Å². The third kappa shape index (κ3) is 10.5. The molecule has 3 aromatic rings. The molecule has 0 radical (unpaired) electrons. The fourth-order valence-electron chi connectivity index (χ4n) is 6.40. The molecular formula is C40H54ClN3O3. The molecule has 0 aromatic heterocycles. The van der Waals surface area contributed by atoms with Crippen LogP contribution < -0.4 is 4.74 Å². The smallest absolute Gasteiger partial charge is 0.253 e. The minimum Gasteiger partial charge on any atom is -0.497 e. The monoisotopic (exact) mass is 659 g/mol. The lowest BCUT2D eigenvalue weighted by atomic mass is 9.69. The Bertz CT molecular complexity index is 1400. The van der Waals surface area contributed by atoms with Crippen molar-refractivity contribution in [2.75, 3.05) is 53.0 Å². The lowest BCUT2D eigenvalue weighted by Crippen LogP contribution is -2.48. The minimum atomic E-state index is 0.00484. The quantitative estimate of drug-likeness (QED) is 0.236. The Kier molecular flexibility index (Phi) is 15.7. The second kappa shape index (κ2) is 19.4. The highest BCUT2D eigenvalue weighted by Crippen LogP contribution is 2.41. The van der Waals surface area contributed by atoms with Gasteiger partial charge < -0.3 is 14.7 Å². The maximum atomic E-state index is 13.3. The third-order valence-corrected chi connectivity index (χ3v) is 9.37. The van der Waals surface area contributed by atoms with Crippen molar-refractivity contribution in [2.24, 2.45) is 0 Å². The van der Waals surface area contributed by atoms with Crippen LogP contribution in [0.4, 0.5) is 0 Å². The SMILES string of the molecule is C/C=C(\C)C1(c2ccc(OC)cc2)CCCN(Cc2ccc(C(=O)N3CCN(Cc4ccc(Cl)cc4)CC3)cc2)C1.C=CCO.CC. The number of hydrogen-bond donors (Lipinski definition) is 1. The lowest BCUT2D eigenvalue weighted by Gasteiger charge is -2.44. The summed E-state index contributed by atoms with van der Waals surface area (Å²) in [6.45, 7) is 18.8. The van der Waals surface area contributed by atoms with Gasteiger partial charge in [-0.15, -0.1) is 6.58 Å². The van der Waals surface area contributed by atoms with Gasteiger partial charge in [-0.25, -0.2) is 0 Å². The van der Waals surface area contributed by atoms with E-state index >= 15 is 0 Å². The van der Waals surface area contributed by atoms with Crippen LogP contribution in [-0.4, -0.2) is 78.7 Å². The number of methoxy groups -OCH3 is 1. The first kappa shape index (κ1) is 38.0. The summed E-state index contributed by atoms with van der Waals surface area (Å²) >= 11 is 6.02. The number of piperazine rings is 1. The second-order valence-corrected chi connectivity index (χ2v) is 12.4. The summed E-state index contributed by atoms with van der Waals surface area (Å²) in [5.74, 6) is 1.02. The molecule has 2 heterocycles. The van der Waals surface area contributed by atoms with Gasteiger partial charge in [-0.2, -0.15) is 0 Å². The van der Waals surface area contributed by atoms with Crippen molar-refractivity contribution in [2.45, 2.75) is 59.0 Å². The molecule has 2 fully saturated rings.